The highest BCUT2D eigenvalue weighted by atomic mass is 16.3. The molecule has 1 atom stereocenters. The number of hydrogen-bond donors (Lipinski definition) is 3. The first-order chi connectivity index (χ1) is 14.5. The van der Waals surface area contributed by atoms with Crippen molar-refractivity contribution in [3.8, 4) is 0 Å². The number of anilines is 1. The molecule has 2 aromatic carbocycles. The molecular formula is C25H35N3O3. The van der Waals surface area contributed by atoms with Crippen LogP contribution in [-0.2, 0) is 11.3 Å². The first-order valence-corrected chi connectivity index (χ1v) is 10.7. The van der Waals surface area contributed by atoms with Crippen molar-refractivity contribution in [1.82, 2.24) is 10.2 Å². The maximum Gasteiger partial charge on any atom is 0.322 e. The monoisotopic (exact) mass is 425 g/mol. The van der Waals surface area contributed by atoms with Crippen molar-refractivity contribution < 1.29 is 14.7 Å². The molecule has 0 aliphatic carbocycles. The van der Waals surface area contributed by atoms with Gasteiger partial charge in [0, 0.05) is 23.7 Å². The Morgan fingerprint density at radius 3 is 2.10 bits per heavy atom. The zero-order valence-corrected chi connectivity index (χ0v) is 19.4. The summed E-state index contributed by atoms with van der Waals surface area (Å²) >= 11 is 0. The van der Waals surface area contributed by atoms with Crippen molar-refractivity contribution in [1.29, 1.82) is 0 Å². The van der Waals surface area contributed by atoms with E-state index in [0.717, 1.165) is 16.7 Å². The fourth-order valence-electron chi connectivity index (χ4n) is 2.96. The van der Waals surface area contributed by atoms with Crippen molar-refractivity contribution in [2.75, 3.05) is 11.9 Å². The zero-order chi connectivity index (χ0) is 23.2. The third-order valence-corrected chi connectivity index (χ3v) is 5.06. The SMILES string of the molecule is Cc1ccc(C(O)CN(C(=O)Nc2ccc(CNC(=O)C(C)(C)C)cc2)C(C)C)cc1. The molecule has 168 valence electrons. The maximum atomic E-state index is 12.8. The molecule has 0 aromatic heterocycles. The summed E-state index contributed by atoms with van der Waals surface area (Å²) in [5, 5.41) is 16.4. The Kier molecular flexibility index (Phi) is 8.22. The number of aliphatic hydroxyl groups excluding tert-OH is 1. The summed E-state index contributed by atoms with van der Waals surface area (Å²) < 4.78 is 0. The zero-order valence-electron chi connectivity index (χ0n) is 19.4. The summed E-state index contributed by atoms with van der Waals surface area (Å²) in [5.74, 6) is -0.00964. The maximum absolute atomic E-state index is 12.8. The standard InChI is InChI=1S/C25H35N3O3/c1-17(2)28(16-22(29)20-11-7-18(3)8-12-20)24(31)27-21-13-9-19(10-14-21)15-26-23(30)25(4,5)6/h7-14,17,22,29H,15-16H2,1-6H3,(H,26,30)(H,27,31). The van der Waals surface area contributed by atoms with Crippen LogP contribution in [-0.4, -0.2) is 34.5 Å². The minimum atomic E-state index is -0.762. The Morgan fingerprint density at radius 1 is 1.00 bits per heavy atom. The number of nitrogens with zero attached hydrogens (tertiary/aromatic N) is 1. The van der Waals surface area contributed by atoms with Crippen LogP contribution >= 0.6 is 0 Å². The van der Waals surface area contributed by atoms with Crippen LogP contribution in [0, 0.1) is 12.3 Å². The average molecular weight is 426 g/mol. The highest BCUT2D eigenvalue weighted by Gasteiger charge is 2.22. The number of carbonyl (C=O) groups excluding carboxylic acids is 2. The Hall–Kier alpha value is -2.86. The first-order valence-electron chi connectivity index (χ1n) is 10.7. The Balaban J connectivity index is 1.97. The van der Waals surface area contributed by atoms with Gasteiger partial charge in [0.25, 0.3) is 0 Å². The minimum absolute atomic E-state index is 0.00964. The number of amides is 3. The largest absolute Gasteiger partial charge is 0.387 e. The van der Waals surface area contributed by atoms with Crippen LogP contribution in [0.15, 0.2) is 48.5 Å². The molecule has 0 saturated carbocycles. The lowest BCUT2D eigenvalue weighted by atomic mass is 9.95. The molecule has 0 spiro atoms. The Bertz CT molecular complexity index is 868. The molecule has 0 saturated heterocycles. The highest BCUT2D eigenvalue weighted by Crippen LogP contribution is 2.18. The summed E-state index contributed by atoms with van der Waals surface area (Å²) in [4.78, 5) is 26.4. The van der Waals surface area contributed by atoms with Gasteiger partial charge in [0.05, 0.1) is 12.6 Å². The number of aryl methyl sites for hydroxylation is 1. The van der Waals surface area contributed by atoms with Crippen LogP contribution in [0.4, 0.5) is 10.5 Å². The van der Waals surface area contributed by atoms with Gasteiger partial charge in [-0.1, -0.05) is 62.7 Å². The summed E-state index contributed by atoms with van der Waals surface area (Å²) in [7, 11) is 0. The van der Waals surface area contributed by atoms with E-state index in [-0.39, 0.29) is 24.5 Å². The van der Waals surface area contributed by atoms with E-state index < -0.39 is 11.5 Å². The molecule has 1 unspecified atom stereocenters. The molecular weight excluding hydrogens is 390 g/mol. The van der Waals surface area contributed by atoms with Gasteiger partial charge in [0.15, 0.2) is 0 Å². The quantitative estimate of drug-likeness (QED) is 0.605. The third kappa shape index (κ3) is 7.40. The molecule has 31 heavy (non-hydrogen) atoms. The minimum Gasteiger partial charge on any atom is -0.387 e. The highest BCUT2D eigenvalue weighted by molar-refractivity contribution is 5.89. The van der Waals surface area contributed by atoms with Crippen LogP contribution in [0.25, 0.3) is 0 Å². The molecule has 0 aliphatic rings. The Morgan fingerprint density at radius 2 is 1.58 bits per heavy atom. The smallest absolute Gasteiger partial charge is 0.322 e. The van der Waals surface area contributed by atoms with Crippen LogP contribution in [0.5, 0.6) is 0 Å². The van der Waals surface area contributed by atoms with Crippen molar-refractivity contribution in [2.45, 2.75) is 60.2 Å². The van der Waals surface area contributed by atoms with Crippen LogP contribution < -0.4 is 10.6 Å². The summed E-state index contributed by atoms with van der Waals surface area (Å²) in [6.45, 7) is 12.1. The van der Waals surface area contributed by atoms with Gasteiger partial charge in [-0.3, -0.25) is 4.79 Å². The number of nitrogens with one attached hydrogen (secondary N) is 2. The Labute approximate surface area is 185 Å². The molecule has 6 heteroatoms. The molecule has 0 aliphatic heterocycles. The second-order valence-corrected chi connectivity index (χ2v) is 9.23. The van der Waals surface area contributed by atoms with E-state index >= 15 is 0 Å². The number of hydrogen-bond acceptors (Lipinski definition) is 3. The lowest BCUT2D eigenvalue weighted by Crippen LogP contribution is -2.42. The van der Waals surface area contributed by atoms with E-state index in [0.29, 0.717) is 12.2 Å². The molecule has 3 N–H and O–H groups in total. The fraction of sp³-hybridized carbons (Fsp3) is 0.440. The molecule has 0 fully saturated rings. The lowest BCUT2D eigenvalue weighted by molar-refractivity contribution is -0.128. The summed E-state index contributed by atoms with van der Waals surface area (Å²) in [6, 6.07) is 14.7. The topological polar surface area (TPSA) is 81.7 Å². The van der Waals surface area contributed by atoms with Crippen molar-refractivity contribution in [3.05, 3.63) is 65.2 Å². The number of aliphatic hydroxyl groups is 1. The van der Waals surface area contributed by atoms with E-state index in [1.807, 2.05) is 90.1 Å². The number of carbonyl (C=O) groups is 2. The van der Waals surface area contributed by atoms with Crippen LogP contribution in [0.1, 0.15) is 57.4 Å². The van der Waals surface area contributed by atoms with Gasteiger partial charge in [-0.15, -0.1) is 0 Å². The molecule has 0 heterocycles. The third-order valence-electron chi connectivity index (χ3n) is 5.06. The number of urea groups is 1. The molecule has 0 radical (unpaired) electrons. The van der Waals surface area contributed by atoms with Gasteiger partial charge in [-0.2, -0.15) is 0 Å². The second kappa shape index (κ2) is 10.4. The second-order valence-electron chi connectivity index (χ2n) is 9.23. The van der Waals surface area contributed by atoms with Crippen molar-refractivity contribution in [2.24, 2.45) is 5.41 Å². The summed E-state index contributed by atoms with van der Waals surface area (Å²) in [5.41, 5.74) is 3.08. The molecule has 3 amide bonds. The average Bonchev–Trinajstić information content (AvgIpc) is 2.70. The van der Waals surface area contributed by atoms with Gasteiger partial charge < -0.3 is 20.6 Å². The lowest BCUT2D eigenvalue weighted by Gasteiger charge is -2.29. The molecule has 6 nitrogen and oxygen atoms in total. The predicted molar refractivity (Wildman–Crippen MR) is 125 cm³/mol. The van der Waals surface area contributed by atoms with Gasteiger partial charge in [-0.25, -0.2) is 4.79 Å². The van der Waals surface area contributed by atoms with E-state index in [1.54, 1.807) is 4.90 Å². The van der Waals surface area contributed by atoms with E-state index in [9.17, 15) is 14.7 Å². The van der Waals surface area contributed by atoms with Crippen molar-refractivity contribution >= 4 is 17.6 Å². The van der Waals surface area contributed by atoms with E-state index in [1.165, 1.54) is 0 Å². The number of rotatable bonds is 7. The van der Waals surface area contributed by atoms with Gasteiger partial charge in [0.1, 0.15) is 0 Å². The van der Waals surface area contributed by atoms with Gasteiger partial charge >= 0.3 is 6.03 Å². The van der Waals surface area contributed by atoms with Crippen LogP contribution in [0.3, 0.4) is 0 Å². The molecule has 2 aromatic rings. The van der Waals surface area contributed by atoms with Crippen molar-refractivity contribution in [3.63, 3.8) is 0 Å². The normalized spacial score (nSPS) is 12.4. The summed E-state index contributed by atoms with van der Waals surface area (Å²) in [6.07, 6.45) is -0.762. The predicted octanol–water partition coefficient (Wildman–Crippen LogP) is 4.63. The molecule has 0 bridgehead atoms. The van der Waals surface area contributed by atoms with Gasteiger partial charge in [0.2, 0.25) is 5.91 Å². The van der Waals surface area contributed by atoms with E-state index in [4.69, 9.17) is 0 Å². The van der Waals surface area contributed by atoms with E-state index in [2.05, 4.69) is 10.6 Å². The van der Waals surface area contributed by atoms with Gasteiger partial charge in [-0.05, 0) is 44.0 Å². The first kappa shape index (κ1) is 24.4. The van der Waals surface area contributed by atoms with Crippen LogP contribution in [0.2, 0.25) is 0 Å². The fourth-order valence-corrected chi connectivity index (χ4v) is 2.96. The number of benzene rings is 2. The molecule has 2 rings (SSSR count).